The summed E-state index contributed by atoms with van der Waals surface area (Å²) in [6, 6.07) is 7.91. The first-order chi connectivity index (χ1) is 9.05. The van der Waals surface area contributed by atoms with E-state index in [2.05, 4.69) is 0 Å². The molecule has 0 atom stereocenters. The molecule has 0 unspecified atom stereocenters. The van der Waals surface area contributed by atoms with E-state index in [1.54, 1.807) is 18.2 Å². The number of rotatable bonds is 8. The van der Waals surface area contributed by atoms with Crippen molar-refractivity contribution >= 4 is 11.9 Å². The van der Waals surface area contributed by atoms with Crippen LogP contribution >= 0.6 is 0 Å². The molecule has 1 aromatic carbocycles. The van der Waals surface area contributed by atoms with Gasteiger partial charge < -0.3 is 19.8 Å². The number of hydrogen-bond acceptors (Lipinski definition) is 4. The Hall–Kier alpha value is -0.243. The fourth-order valence-electron chi connectivity index (χ4n) is 2.21. The maximum Gasteiger partial charge on any atom is 1.00 e. The van der Waals surface area contributed by atoms with Crippen molar-refractivity contribution in [3.63, 3.8) is 0 Å². The zero-order valence-electron chi connectivity index (χ0n) is 13.1. The van der Waals surface area contributed by atoms with Gasteiger partial charge in [0.2, 0.25) is 0 Å². The van der Waals surface area contributed by atoms with Crippen LogP contribution in [0.1, 0.15) is 44.6 Å². The van der Waals surface area contributed by atoms with Crippen LogP contribution in [0.15, 0.2) is 30.3 Å². The predicted molar refractivity (Wildman–Crippen MR) is 66.9 cm³/mol. The number of carboxylic acids is 2. The minimum Gasteiger partial charge on any atom is -0.549 e. The van der Waals surface area contributed by atoms with E-state index in [0.29, 0.717) is 6.42 Å². The molecule has 0 radical (unpaired) electrons. The fourth-order valence-corrected chi connectivity index (χ4v) is 2.21. The van der Waals surface area contributed by atoms with Gasteiger partial charge in [-0.25, -0.2) is 0 Å². The Bertz CT molecular complexity index is 423. The molecule has 0 aromatic heterocycles. The van der Waals surface area contributed by atoms with Crippen molar-refractivity contribution in [2.75, 3.05) is 0 Å². The Kier molecular flexibility index (Phi) is 12.4. The molecule has 1 rings (SSSR count). The molecule has 0 heterocycles. The van der Waals surface area contributed by atoms with Gasteiger partial charge in [0.05, 0.1) is 17.4 Å². The molecule has 0 N–H and O–H groups in total. The van der Waals surface area contributed by atoms with Gasteiger partial charge in [0.25, 0.3) is 0 Å². The van der Waals surface area contributed by atoms with Gasteiger partial charge in [-0.2, -0.15) is 0 Å². The smallest absolute Gasteiger partial charge is 0.549 e. The zero-order chi connectivity index (χ0) is 14.3. The van der Waals surface area contributed by atoms with Crippen LogP contribution in [0.25, 0.3) is 0 Å². The van der Waals surface area contributed by atoms with E-state index in [4.69, 9.17) is 0 Å². The third-order valence-corrected chi connectivity index (χ3v) is 3.37. The van der Waals surface area contributed by atoms with Gasteiger partial charge in [-0.05, 0) is 12.0 Å². The third-order valence-electron chi connectivity index (χ3n) is 3.37. The van der Waals surface area contributed by atoms with Crippen molar-refractivity contribution in [2.24, 2.45) is 0 Å². The van der Waals surface area contributed by atoms with Crippen LogP contribution in [0, 0.1) is 0 Å². The monoisotopic (exact) mass is 292 g/mol. The Morgan fingerprint density at radius 1 is 1.00 bits per heavy atom. The van der Waals surface area contributed by atoms with Gasteiger partial charge in [-0.3, -0.25) is 0 Å². The summed E-state index contributed by atoms with van der Waals surface area (Å²) in [5, 5.41) is 22.8. The first kappa shape index (κ1) is 23.0. The second kappa shape index (κ2) is 11.3. The molecule has 21 heavy (non-hydrogen) atoms. The molecule has 4 nitrogen and oxygen atoms in total. The van der Waals surface area contributed by atoms with Crippen LogP contribution in [0.4, 0.5) is 0 Å². The molecule has 0 fully saturated rings. The average molecular weight is 292 g/mol. The number of hydrogen-bond donors (Lipinski definition) is 0. The SMILES string of the molecule is CCCCCCC(C(=O)[O-])(C(=O)[O-])c1ccccc1.[Li+].[Na+]. The minimum absolute atomic E-state index is 0. The summed E-state index contributed by atoms with van der Waals surface area (Å²) in [7, 11) is 0. The van der Waals surface area contributed by atoms with Crippen molar-refractivity contribution in [3.05, 3.63) is 35.9 Å². The number of benzene rings is 1. The van der Waals surface area contributed by atoms with E-state index < -0.39 is 17.4 Å². The van der Waals surface area contributed by atoms with Crippen LogP contribution in [0.2, 0.25) is 0 Å². The maximum atomic E-state index is 11.4. The second-order valence-electron chi connectivity index (χ2n) is 4.66. The van der Waals surface area contributed by atoms with E-state index in [9.17, 15) is 19.8 Å². The van der Waals surface area contributed by atoms with Crippen molar-refractivity contribution in [1.82, 2.24) is 0 Å². The molecule has 1 aromatic rings. The number of aliphatic carboxylic acids is 2. The van der Waals surface area contributed by atoms with Gasteiger partial charge in [0.15, 0.2) is 0 Å². The summed E-state index contributed by atoms with van der Waals surface area (Å²) in [4.78, 5) is 22.8. The molecule has 0 aliphatic carbocycles. The van der Waals surface area contributed by atoms with E-state index in [-0.39, 0.29) is 60.4 Å². The van der Waals surface area contributed by atoms with Crippen LogP contribution < -0.4 is 58.6 Å². The first-order valence-electron chi connectivity index (χ1n) is 6.54. The Morgan fingerprint density at radius 2 is 1.52 bits per heavy atom. The minimum atomic E-state index is -2.05. The van der Waals surface area contributed by atoms with Gasteiger partial charge in [-0.15, -0.1) is 0 Å². The number of unbranched alkanes of at least 4 members (excludes halogenated alkanes) is 3. The molecule has 0 bridgehead atoms. The standard InChI is InChI=1S/C15H20O4.Li.Na/c1-2-3-4-8-11-15(13(16)17,14(18)19)12-9-6-5-7-10-12;;/h5-7,9-10H,2-4,8,11H2,1H3,(H,16,17)(H,18,19);;/q;2*+1/p-2. The zero-order valence-corrected chi connectivity index (χ0v) is 15.1. The topological polar surface area (TPSA) is 80.3 Å². The second-order valence-corrected chi connectivity index (χ2v) is 4.66. The van der Waals surface area contributed by atoms with Crippen LogP contribution in [0.5, 0.6) is 0 Å². The van der Waals surface area contributed by atoms with Crippen molar-refractivity contribution in [2.45, 2.75) is 44.4 Å². The van der Waals surface area contributed by atoms with Crippen molar-refractivity contribution in [1.29, 1.82) is 0 Å². The molecule has 0 spiro atoms. The van der Waals surface area contributed by atoms with Gasteiger partial charge in [0.1, 0.15) is 0 Å². The predicted octanol–water partition coefficient (Wildman–Crippen LogP) is -5.60. The van der Waals surface area contributed by atoms with Gasteiger partial charge in [0, 0.05) is 0 Å². The summed E-state index contributed by atoms with van der Waals surface area (Å²) >= 11 is 0. The Labute approximate surface area is 159 Å². The third kappa shape index (κ3) is 5.81. The normalized spacial score (nSPS) is 10.1. The molecule has 0 aliphatic rings. The molecule has 104 valence electrons. The Morgan fingerprint density at radius 3 is 1.95 bits per heavy atom. The average Bonchev–Trinajstić information content (AvgIpc) is 2.39. The van der Waals surface area contributed by atoms with Crippen molar-refractivity contribution < 1.29 is 68.2 Å². The van der Waals surface area contributed by atoms with Gasteiger partial charge in [-0.1, -0.05) is 62.9 Å². The summed E-state index contributed by atoms with van der Waals surface area (Å²) in [5.41, 5.74) is -1.83. The largest absolute Gasteiger partial charge is 1.00 e. The molecule has 0 aliphatic heterocycles. The number of carboxylic acid groups (broad SMARTS) is 2. The maximum absolute atomic E-state index is 11.4. The van der Waals surface area contributed by atoms with Crippen molar-refractivity contribution in [3.8, 4) is 0 Å². The molecular formula is C15H18LiNaO4. The van der Waals surface area contributed by atoms with E-state index >= 15 is 0 Å². The first-order valence-corrected chi connectivity index (χ1v) is 6.54. The van der Waals surface area contributed by atoms with Crippen LogP contribution in [0.3, 0.4) is 0 Å². The van der Waals surface area contributed by atoms with E-state index in [1.807, 2.05) is 6.92 Å². The summed E-state index contributed by atoms with van der Waals surface area (Å²) in [6.07, 6.45) is 3.26. The summed E-state index contributed by atoms with van der Waals surface area (Å²) in [6.45, 7) is 2.03. The summed E-state index contributed by atoms with van der Waals surface area (Å²) in [5.74, 6) is -3.20. The molecule has 6 heteroatoms. The number of carbonyl (C=O) groups excluding carboxylic acids is 2. The quantitative estimate of drug-likeness (QED) is 0.272. The van der Waals surface area contributed by atoms with E-state index in [1.165, 1.54) is 12.1 Å². The fraction of sp³-hybridized carbons (Fsp3) is 0.467. The number of carbonyl (C=O) groups is 2. The molecule has 0 amide bonds. The molecular weight excluding hydrogens is 274 g/mol. The van der Waals surface area contributed by atoms with Crippen LogP contribution in [-0.2, 0) is 15.0 Å². The van der Waals surface area contributed by atoms with Gasteiger partial charge >= 0.3 is 48.4 Å². The summed E-state index contributed by atoms with van der Waals surface area (Å²) < 4.78 is 0. The van der Waals surface area contributed by atoms with Crippen LogP contribution in [-0.4, -0.2) is 11.9 Å². The molecule has 0 saturated carbocycles. The van der Waals surface area contributed by atoms with E-state index in [0.717, 1.165) is 19.3 Å². The molecule has 0 saturated heterocycles. The Balaban J connectivity index is 0.